The van der Waals surface area contributed by atoms with Gasteiger partial charge in [-0.05, 0) is 68.0 Å². The maximum atomic E-state index is 13.4. The number of carbonyl (C=O) groups is 2. The highest BCUT2D eigenvalue weighted by Gasteiger charge is 2.28. The van der Waals surface area contributed by atoms with Crippen molar-refractivity contribution < 1.29 is 18.7 Å². The van der Waals surface area contributed by atoms with E-state index in [1.165, 1.54) is 18.6 Å². The van der Waals surface area contributed by atoms with E-state index in [0.29, 0.717) is 30.4 Å². The molecule has 3 atom stereocenters. The number of amides is 1. The molecule has 0 aliphatic heterocycles. The van der Waals surface area contributed by atoms with Crippen LogP contribution in [-0.2, 0) is 16.1 Å². The van der Waals surface area contributed by atoms with E-state index in [-0.39, 0.29) is 24.4 Å². The lowest BCUT2D eigenvalue weighted by molar-refractivity contribution is -0.122. The standard InChI is InChI=1S/C25H33FN2O3/c1-5-31-25(30)21-15-23(19-9-11-20(26)12-10-19)28(18(21)4)14-13-24(29)27-22-8-6-7-16(2)17(22)3/h9-12,15-17,22H,5-8,13-14H2,1-4H3,(H,27,29)/t16-,17+,22-/m1/s1. The molecule has 1 aromatic carbocycles. The van der Waals surface area contributed by atoms with Gasteiger partial charge in [0.15, 0.2) is 0 Å². The summed E-state index contributed by atoms with van der Waals surface area (Å²) in [6, 6.07) is 8.13. The molecule has 5 nitrogen and oxygen atoms in total. The van der Waals surface area contributed by atoms with Crippen LogP contribution in [0, 0.1) is 24.6 Å². The molecule has 1 N–H and O–H groups in total. The predicted octanol–water partition coefficient (Wildman–Crippen LogP) is 5.11. The summed E-state index contributed by atoms with van der Waals surface area (Å²) in [7, 11) is 0. The largest absolute Gasteiger partial charge is 0.462 e. The number of benzene rings is 1. The van der Waals surface area contributed by atoms with Crippen molar-refractivity contribution in [1.82, 2.24) is 9.88 Å². The molecule has 3 rings (SSSR count). The number of nitrogens with zero attached hydrogens (tertiary/aromatic N) is 1. The van der Waals surface area contributed by atoms with Crippen molar-refractivity contribution in [2.75, 3.05) is 6.61 Å². The lowest BCUT2D eigenvalue weighted by Gasteiger charge is -2.34. The summed E-state index contributed by atoms with van der Waals surface area (Å²) in [4.78, 5) is 25.1. The Balaban J connectivity index is 1.79. The fraction of sp³-hybridized carbons (Fsp3) is 0.520. The average Bonchev–Trinajstić information content (AvgIpc) is 3.07. The number of esters is 1. The molecule has 0 unspecified atom stereocenters. The molecule has 0 saturated heterocycles. The summed E-state index contributed by atoms with van der Waals surface area (Å²) < 4.78 is 20.6. The van der Waals surface area contributed by atoms with Gasteiger partial charge in [0.2, 0.25) is 5.91 Å². The van der Waals surface area contributed by atoms with E-state index in [4.69, 9.17) is 4.74 Å². The third-order valence-corrected chi connectivity index (χ3v) is 6.62. The molecule has 1 fully saturated rings. The minimum Gasteiger partial charge on any atom is -0.462 e. The number of hydrogen-bond acceptors (Lipinski definition) is 3. The number of aromatic nitrogens is 1. The van der Waals surface area contributed by atoms with E-state index in [9.17, 15) is 14.0 Å². The number of nitrogens with one attached hydrogen (secondary N) is 1. The lowest BCUT2D eigenvalue weighted by Crippen LogP contribution is -2.43. The zero-order chi connectivity index (χ0) is 22.5. The molecule has 31 heavy (non-hydrogen) atoms. The zero-order valence-corrected chi connectivity index (χ0v) is 18.9. The van der Waals surface area contributed by atoms with Gasteiger partial charge in [0, 0.05) is 30.4 Å². The molecule has 1 saturated carbocycles. The first-order valence-electron chi connectivity index (χ1n) is 11.2. The van der Waals surface area contributed by atoms with E-state index >= 15 is 0 Å². The Morgan fingerprint density at radius 2 is 1.90 bits per heavy atom. The molecule has 0 radical (unpaired) electrons. The van der Waals surface area contributed by atoms with Gasteiger partial charge in [0.1, 0.15) is 5.82 Å². The van der Waals surface area contributed by atoms with Gasteiger partial charge in [-0.25, -0.2) is 9.18 Å². The molecular formula is C25H33FN2O3. The first kappa shape index (κ1) is 23.0. The first-order chi connectivity index (χ1) is 14.8. The van der Waals surface area contributed by atoms with Crippen LogP contribution in [0.2, 0.25) is 0 Å². The predicted molar refractivity (Wildman–Crippen MR) is 119 cm³/mol. The van der Waals surface area contributed by atoms with Gasteiger partial charge in [0.25, 0.3) is 0 Å². The molecule has 0 bridgehead atoms. The topological polar surface area (TPSA) is 60.3 Å². The molecule has 1 aliphatic carbocycles. The molecule has 1 aliphatic rings. The minimum atomic E-state index is -0.392. The SMILES string of the molecule is CCOC(=O)c1cc(-c2ccc(F)cc2)n(CCC(=O)N[C@@H]2CCC[C@@H](C)[C@@H]2C)c1C. The highest BCUT2D eigenvalue weighted by Crippen LogP contribution is 2.30. The molecule has 1 amide bonds. The van der Waals surface area contributed by atoms with Crippen molar-refractivity contribution in [3.05, 3.63) is 47.4 Å². The molecule has 1 heterocycles. The van der Waals surface area contributed by atoms with Crippen LogP contribution in [0.25, 0.3) is 11.3 Å². The second-order valence-corrected chi connectivity index (χ2v) is 8.60. The summed E-state index contributed by atoms with van der Waals surface area (Å²) in [5.41, 5.74) is 2.77. The van der Waals surface area contributed by atoms with Gasteiger partial charge in [0.05, 0.1) is 12.2 Å². The van der Waals surface area contributed by atoms with Crippen molar-refractivity contribution in [3.63, 3.8) is 0 Å². The van der Waals surface area contributed by atoms with Crippen LogP contribution in [0.4, 0.5) is 4.39 Å². The lowest BCUT2D eigenvalue weighted by atomic mass is 9.78. The van der Waals surface area contributed by atoms with E-state index in [1.807, 2.05) is 11.5 Å². The summed E-state index contributed by atoms with van der Waals surface area (Å²) in [6.07, 6.45) is 3.69. The Morgan fingerprint density at radius 1 is 1.19 bits per heavy atom. The Hall–Kier alpha value is -2.63. The summed E-state index contributed by atoms with van der Waals surface area (Å²) in [6.45, 7) is 8.79. The van der Waals surface area contributed by atoms with Gasteiger partial charge in [-0.15, -0.1) is 0 Å². The fourth-order valence-electron chi connectivity index (χ4n) is 4.49. The van der Waals surface area contributed by atoms with Gasteiger partial charge >= 0.3 is 5.97 Å². The van der Waals surface area contributed by atoms with E-state index < -0.39 is 5.97 Å². The van der Waals surface area contributed by atoms with Crippen molar-refractivity contribution in [3.8, 4) is 11.3 Å². The van der Waals surface area contributed by atoms with Gasteiger partial charge < -0.3 is 14.6 Å². The number of halogens is 1. The van der Waals surface area contributed by atoms with Crippen LogP contribution in [0.5, 0.6) is 0 Å². The maximum Gasteiger partial charge on any atom is 0.339 e. The van der Waals surface area contributed by atoms with Crippen LogP contribution >= 0.6 is 0 Å². The Labute approximate surface area is 184 Å². The first-order valence-corrected chi connectivity index (χ1v) is 11.2. The van der Waals surface area contributed by atoms with Crippen LogP contribution in [0.3, 0.4) is 0 Å². The van der Waals surface area contributed by atoms with E-state index in [1.54, 1.807) is 25.1 Å². The smallest absolute Gasteiger partial charge is 0.339 e. The molecule has 1 aromatic heterocycles. The number of carbonyl (C=O) groups excluding carboxylic acids is 2. The van der Waals surface area contributed by atoms with E-state index in [2.05, 4.69) is 19.2 Å². The van der Waals surface area contributed by atoms with Crippen LogP contribution in [-0.4, -0.2) is 29.1 Å². The highest BCUT2D eigenvalue weighted by molar-refractivity contribution is 5.92. The molecular weight excluding hydrogens is 395 g/mol. The minimum absolute atomic E-state index is 0.0155. The van der Waals surface area contributed by atoms with Crippen LogP contribution in [0.15, 0.2) is 30.3 Å². The Kier molecular flexibility index (Phi) is 7.52. The normalized spacial score (nSPS) is 21.0. The molecule has 2 aromatic rings. The van der Waals surface area contributed by atoms with Crippen molar-refractivity contribution in [2.24, 2.45) is 11.8 Å². The highest BCUT2D eigenvalue weighted by atomic mass is 19.1. The Bertz CT molecular complexity index is 920. The molecule has 168 valence electrons. The van der Waals surface area contributed by atoms with Gasteiger partial charge in [-0.2, -0.15) is 0 Å². The van der Waals surface area contributed by atoms with Crippen molar-refractivity contribution in [2.45, 2.75) is 66.0 Å². The van der Waals surface area contributed by atoms with Crippen LogP contribution < -0.4 is 5.32 Å². The Morgan fingerprint density at radius 3 is 2.58 bits per heavy atom. The van der Waals surface area contributed by atoms with Crippen molar-refractivity contribution in [1.29, 1.82) is 0 Å². The molecule has 6 heteroatoms. The third kappa shape index (κ3) is 5.35. The van der Waals surface area contributed by atoms with Gasteiger partial charge in [-0.3, -0.25) is 4.79 Å². The average molecular weight is 429 g/mol. The summed E-state index contributed by atoms with van der Waals surface area (Å²) >= 11 is 0. The zero-order valence-electron chi connectivity index (χ0n) is 18.9. The summed E-state index contributed by atoms with van der Waals surface area (Å²) in [5, 5.41) is 3.21. The second-order valence-electron chi connectivity index (χ2n) is 8.60. The summed E-state index contributed by atoms with van der Waals surface area (Å²) in [5.74, 6) is 0.386. The second kappa shape index (κ2) is 10.1. The van der Waals surface area contributed by atoms with Crippen molar-refractivity contribution >= 4 is 11.9 Å². The van der Waals surface area contributed by atoms with Crippen LogP contribution in [0.1, 0.15) is 62.5 Å². The number of hydrogen-bond donors (Lipinski definition) is 1. The number of ether oxygens (including phenoxy) is 1. The maximum absolute atomic E-state index is 13.4. The van der Waals surface area contributed by atoms with E-state index in [0.717, 1.165) is 29.8 Å². The third-order valence-electron chi connectivity index (χ3n) is 6.62. The van der Waals surface area contributed by atoms with Gasteiger partial charge in [-0.1, -0.05) is 26.7 Å². The quantitative estimate of drug-likeness (QED) is 0.624. The molecule has 0 spiro atoms. The monoisotopic (exact) mass is 428 g/mol. The number of rotatable bonds is 7. The fourth-order valence-corrected chi connectivity index (χ4v) is 4.49.